The standard InChI is InChI=1S/C9H10N4S/c10-7-4-2-1-3-6(7)8-5-11-9(14)13-12-8/h1-4H,5,10H2,(H2,11,13,14). The molecular formula is C9H10N4S. The van der Waals surface area contributed by atoms with Gasteiger partial charge in [-0.05, 0) is 18.3 Å². The molecule has 0 unspecified atom stereocenters. The summed E-state index contributed by atoms with van der Waals surface area (Å²) in [5.74, 6) is 0. The van der Waals surface area contributed by atoms with E-state index in [0.717, 1.165) is 17.0 Å². The zero-order valence-electron chi connectivity index (χ0n) is 7.45. The third-order valence-electron chi connectivity index (χ3n) is 1.98. The first kappa shape index (κ1) is 8.96. The number of hydrazone groups is 1. The molecule has 0 saturated heterocycles. The van der Waals surface area contributed by atoms with Crippen molar-refractivity contribution < 1.29 is 0 Å². The van der Waals surface area contributed by atoms with E-state index in [0.29, 0.717) is 11.7 Å². The van der Waals surface area contributed by atoms with Crippen LogP contribution in [0.1, 0.15) is 5.56 Å². The van der Waals surface area contributed by atoms with E-state index in [2.05, 4.69) is 15.8 Å². The van der Waals surface area contributed by atoms with E-state index < -0.39 is 0 Å². The summed E-state index contributed by atoms with van der Waals surface area (Å²) >= 11 is 4.88. The number of hydrogen-bond acceptors (Lipinski definition) is 3. The van der Waals surface area contributed by atoms with E-state index in [1.165, 1.54) is 0 Å². The van der Waals surface area contributed by atoms with Crippen LogP contribution in [0.25, 0.3) is 0 Å². The molecule has 1 heterocycles. The second-order valence-corrected chi connectivity index (χ2v) is 3.35. The Hall–Kier alpha value is -1.62. The molecule has 14 heavy (non-hydrogen) atoms. The molecule has 0 radical (unpaired) electrons. The highest BCUT2D eigenvalue weighted by Crippen LogP contribution is 2.11. The van der Waals surface area contributed by atoms with Crippen molar-refractivity contribution in [1.82, 2.24) is 10.7 Å². The molecule has 1 aromatic rings. The zero-order chi connectivity index (χ0) is 9.97. The Bertz CT molecular complexity index is 400. The molecule has 0 bridgehead atoms. The summed E-state index contributed by atoms with van der Waals surface area (Å²) in [4.78, 5) is 0. The molecule has 2 rings (SSSR count). The molecule has 0 fully saturated rings. The molecule has 72 valence electrons. The quantitative estimate of drug-likeness (QED) is 0.461. The number of nitrogens with one attached hydrogen (secondary N) is 2. The molecule has 0 saturated carbocycles. The van der Waals surface area contributed by atoms with Gasteiger partial charge in [0.25, 0.3) is 0 Å². The number of anilines is 1. The minimum atomic E-state index is 0.545. The second-order valence-electron chi connectivity index (χ2n) is 2.94. The Morgan fingerprint density at radius 3 is 2.79 bits per heavy atom. The molecule has 0 aromatic heterocycles. The first-order chi connectivity index (χ1) is 6.77. The lowest BCUT2D eigenvalue weighted by molar-refractivity contribution is 0.897. The van der Waals surface area contributed by atoms with Gasteiger partial charge < -0.3 is 11.1 Å². The minimum absolute atomic E-state index is 0.545. The van der Waals surface area contributed by atoms with Crippen LogP contribution in [0, 0.1) is 0 Å². The lowest BCUT2D eigenvalue weighted by atomic mass is 10.1. The third kappa shape index (κ3) is 1.67. The topological polar surface area (TPSA) is 62.4 Å². The molecule has 4 N–H and O–H groups in total. The van der Waals surface area contributed by atoms with Gasteiger partial charge in [-0.1, -0.05) is 18.2 Å². The van der Waals surface area contributed by atoms with Crippen LogP contribution < -0.4 is 16.5 Å². The monoisotopic (exact) mass is 206 g/mol. The van der Waals surface area contributed by atoms with Crippen LogP contribution in [0.3, 0.4) is 0 Å². The number of nitrogen functional groups attached to an aromatic ring is 1. The highest BCUT2D eigenvalue weighted by atomic mass is 32.1. The van der Waals surface area contributed by atoms with E-state index in [1.54, 1.807) is 0 Å². The molecule has 1 aliphatic rings. The fourth-order valence-electron chi connectivity index (χ4n) is 1.28. The van der Waals surface area contributed by atoms with E-state index in [-0.39, 0.29) is 0 Å². The summed E-state index contributed by atoms with van der Waals surface area (Å²) in [7, 11) is 0. The largest absolute Gasteiger partial charge is 0.398 e. The van der Waals surface area contributed by atoms with Crippen LogP contribution in [0.2, 0.25) is 0 Å². The number of hydrogen-bond donors (Lipinski definition) is 3. The van der Waals surface area contributed by atoms with Gasteiger partial charge in [0.2, 0.25) is 0 Å². The average Bonchev–Trinajstić information content (AvgIpc) is 2.20. The van der Waals surface area contributed by atoms with Gasteiger partial charge in [-0.25, -0.2) is 0 Å². The van der Waals surface area contributed by atoms with Crippen molar-refractivity contribution in [2.75, 3.05) is 12.3 Å². The Balaban J connectivity index is 2.32. The van der Waals surface area contributed by atoms with Gasteiger partial charge in [0.15, 0.2) is 5.11 Å². The summed E-state index contributed by atoms with van der Waals surface area (Å²) in [5.41, 5.74) is 11.1. The molecule has 0 spiro atoms. The fourth-order valence-corrected chi connectivity index (χ4v) is 1.39. The molecule has 1 aliphatic heterocycles. The van der Waals surface area contributed by atoms with Crippen molar-refractivity contribution in [3.05, 3.63) is 29.8 Å². The molecule has 5 heteroatoms. The molecule has 4 nitrogen and oxygen atoms in total. The van der Waals surface area contributed by atoms with E-state index in [1.807, 2.05) is 24.3 Å². The molecular weight excluding hydrogens is 196 g/mol. The van der Waals surface area contributed by atoms with E-state index >= 15 is 0 Å². The van der Waals surface area contributed by atoms with Crippen molar-refractivity contribution in [1.29, 1.82) is 0 Å². The maximum absolute atomic E-state index is 5.82. The predicted molar refractivity (Wildman–Crippen MR) is 61.1 cm³/mol. The summed E-state index contributed by atoms with van der Waals surface area (Å²) < 4.78 is 0. The Kier molecular flexibility index (Phi) is 2.32. The smallest absolute Gasteiger partial charge is 0.187 e. The van der Waals surface area contributed by atoms with Gasteiger partial charge in [0.05, 0.1) is 12.3 Å². The van der Waals surface area contributed by atoms with Crippen LogP contribution >= 0.6 is 12.2 Å². The lowest BCUT2D eigenvalue weighted by Gasteiger charge is -2.16. The van der Waals surface area contributed by atoms with Crippen molar-refractivity contribution in [3.63, 3.8) is 0 Å². The highest BCUT2D eigenvalue weighted by Gasteiger charge is 2.11. The summed E-state index contributed by atoms with van der Waals surface area (Å²) in [6.07, 6.45) is 0. The van der Waals surface area contributed by atoms with Crippen molar-refractivity contribution in [2.45, 2.75) is 0 Å². The maximum atomic E-state index is 5.82. The second kappa shape index (κ2) is 3.63. The first-order valence-electron chi connectivity index (χ1n) is 4.22. The zero-order valence-corrected chi connectivity index (χ0v) is 8.27. The SMILES string of the molecule is Nc1ccccc1C1=NNC(=S)NC1. The lowest BCUT2D eigenvalue weighted by Crippen LogP contribution is -2.42. The predicted octanol–water partition coefficient (Wildman–Crippen LogP) is 0.451. The number of benzene rings is 1. The molecule has 0 aliphatic carbocycles. The average molecular weight is 206 g/mol. The summed E-state index contributed by atoms with van der Waals surface area (Å²) in [5, 5.41) is 7.66. The number of rotatable bonds is 1. The first-order valence-corrected chi connectivity index (χ1v) is 4.63. The Morgan fingerprint density at radius 2 is 2.14 bits per heavy atom. The van der Waals surface area contributed by atoms with E-state index in [9.17, 15) is 0 Å². The van der Waals surface area contributed by atoms with Crippen LogP contribution in [0.15, 0.2) is 29.4 Å². The summed E-state index contributed by atoms with van der Waals surface area (Å²) in [6.45, 7) is 0.611. The van der Waals surface area contributed by atoms with Gasteiger partial charge >= 0.3 is 0 Å². The Morgan fingerprint density at radius 1 is 1.36 bits per heavy atom. The number of para-hydroxylation sites is 1. The molecule has 1 aromatic carbocycles. The van der Waals surface area contributed by atoms with Crippen molar-refractivity contribution in [3.8, 4) is 0 Å². The van der Waals surface area contributed by atoms with Crippen molar-refractivity contribution >= 4 is 28.7 Å². The normalized spacial score (nSPS) is 15.4. The third-order valence-corrected chi connectivity index (χ3v) is 2.22. The molecule has 0 amide bonds. The van der Waals surface area contributed by atoms with Gasteiger partial charge in [0.1, 0.15) is 0 Å². The van der Waals surface area contributed by atoms with Crippen LogP contribution in [-0.4, -0.2) is 17.4 Å². The van der Waals surface area contributed by atoms with Crippen molar-refractivity contribution in [2.24, 2.45) is 5.10 Å². The van der Waals surface area contributed by atoms with Crippen LogP contribution in [0.5, 0.6) is 0 Å². The molecule has 0 atom stereocenters. The highest BCUT2D eigenvalue weighted by molar-refractivity contribution is 7.80. The van der Waals surface area contributed by atoms with Gasteiger partial charge in [-0.2, -0.15) is 5.10 Å². The van der Waals surface area contributed by atoms with E-state index in [4.69, 9.17) is 18.0 Å². The minimum Gasteiger partial charge on any atom is -0.398 e. The van der Waals surface area contributed by atoms with Gasteiger partial charge in [0, 0.05) is 11.3 Å². The van der Waals surface area contributed by atoms with Crippen LogP contribution in [0.4, 0.5) is 5.69 Å². The number of nitrogens with two attached hydrogens (primary N) is 1. The number of nitrogens with zero attached hydrogens (tertiary/aromatic N) is 1. The fraction of sp³-hybridized carbons (Fsp3) is 0.111. The maximum Gasteiger partial charge on any atom is 0.187 e. The summed E-state index contributed by atoms with van der Waals surface area (Å²) in [6, 6.07) is 7.62. The van der Waals surface area contributed by atoms with Gasteiger partial charge in [-0.3, -0.25) is 5.43 Å². The van der Waals surface area contributed by atoms with Crippen LogP contribution in [-0.2, 0) is 0 Å². The number of thiocarbonyl (C=S) groups is 1. The Labute approximate surface area is 87.2 Å². The van der Waals surface area contributed by atoms with Gasteiger partial charge in [-0.15, -0.1) is 0 Å².